The fourth-order valence-electron chi connectivity index (χ4n) is 9.40. The van der Waals surface area contributed by atoms with E-state index >= 15 is 0 Å². The summed E-state index contributed by atoms with van der Waals surface area (Å²) in [5.41, 5.74) is 15.0. The van der Waals surface area contributed by atoms with Crippen molar-refractivity contribution in [2.24, 2.45) is 0 Å². The van der Waals surface area contributed by atoms with Crippen LogP contribution >= 0.6 is 0 Å². The Morgan fingerprint density at radius 3 is 1.76 bits per heavy atom. The number of hydrogen-bond donors (Lipinski definition) is 0. The molecule has 0 N–H and O–H groups in total. The highest BCUT2D eigenvalue weighted by molar-refractivity contribution is 6.03. The van der Waals surface area contributed by atoms with Crippen LogP contribution in [0.5, 0.6) is 5.75 Å². The third-order valence-corrected chi connectivity index (χ3v) is 12.5. The Labute approximate surface area is 365 Å². The zero-order valence-corrected chi connectivity index (χ0v) is 35.3. The van der Waals surface area contributed by atoms with Gasteiger partial charge >= 0.3 is 0 Å². The number of para-hydroxylation sites is 1. The van der Waals surface area contributed by atoms with E-state index in [-0.39, 0.29) is 5.92 Å². The van der Waals surface area contributed by atoms with Gasteiger partial charge in [0.1, 0.15) is 11.5 Å². The van der Waals surface area contributed by atoms with Gasteiger partial charge in [-0.05, 0) is 99.5 Å². The predicted molar refractivity (Wildman–Crippen MR) is 256 cm³/mol. The van der Waals surface area contributed by atoms with E-state index in [0.29, 0.717) is 23.4 Å². The van der Waals surface area contributed by atoms with Crippen LogP contribution in [0.15, 0.2) is 194 Å². The second-order valence-electron chi connectivity index (χ2n) is 16.3. The zero-order chi connectivity index (χ0) is 41.8. The van der Waals surface area contributed by atoms with Crippen LogP contribution in [0, 0.1) is 0 Å². The summed E-state index contributed by atoms with van der Waals surface area (Å²) in [7, 11) is 0. The minimum atomic E-state index is 0.202. The normalized spacial score (nSPS) is 14.4. The topological polar surface area (TPSA) is 47.9 Å². The van der Waals surface area contributed by atoms with Gasteiger partial charge in [0.25, 0.3) is 0 Å². The summed E-state index contributed by atoms with van der Waals surface area (Å²) >= 11 is 0. The zero-order valence-electron chi connectivity index (χ0n) is 35.3. The molecule has 2 heterocycles. The Bertz CT molecular complexity index is 2920. The molecule has 62 heavy (non-hydrogen) atoms. The highest BCUT2D eigenvalue weighted by Gasteiger charge is 2.33. The predicted octanol–water partition coefficient (Wildman–Crippen LogP) is 15.5. The first kappa shape index (κ1) is 39.0. The van der Waals surface area contributed by atoms with Gasteiger partial charge in [-0.25, -0.2) is 15.0 Å². The Balaban J connectivity index is 1.22. The molecule has 0 saturated heterocycles. The SMILES string of the molecule is CCCCC(CC)c1cc(-c2cccc(-c3nc(-c4ccccc4)nc(-c4cccc5c4OC4=CC=CCC45)n3)c2)c(-c2ccccc2)c(-c2ccccc2)c1-c1ccccc1. The second kappa shape index (κ2) is 17.4. The van der Waals surface area contributed by atoms with Gasteiger partial charge in [0.05, 0.1) is 5.56 Å². The number of nitrogens with zero attached hydrogens (tertiary/aromatic N) is 3. The van der Waals surface area contributed by atoms with Crippen molar-refractivity contribution in [3.05, 3.63) is 205 Å². The average molecular weight is 804 g/mol. The molecule has 8 aromatic rings. The van der Waals surface area contributed by atoms with E-state index in [1.54, 1.807) is 0 Å². The van der Waals surface area contributed by atoms with E-state index in [9.17, 15) is 0 Å². The first-order chi connectivity index (χ1) is 30.7. The molecule has 1 aliphatic heterocycles. The quantitative estimate of drug-likeness (QED) is 0.123. The van der Waals surface area contributed by atoms with Crippen molar-refractivity contribution in [2.45, 2.75) is 57.8 Å². The molecule has 0 radical (unpaired) electrons. The van der Waals surface area contributed by atoms with Crippen LogP contribution in [0.25, 0.3) is 78.7 Å². The lowest BCUT2D eigenvalue weighted by Gasteiger charge is -2.28. The van der Waals surface area contributed by atoms with Gasteiger partial charge in [-0.3, -0.25) is 0 Å². The molecule has 2 atom stereocenters. The van der Waals surface area contributed by atoms with Crippen molar-refractivity contribution in [1.82, 2.24) is 15.0 Å². The van der Waals surface area contributed by atoms with E-state index in [1.807, 2.05) is 18.2 Å². The van der Waals surface area contributed by atoms with Gasteiger partial charge in [0, 0.05) is 22.6 Å². The van der Waals surface area contributed by atoms with Crippen LogP contribution in [0.4, 0.5) is 0 Å². The van der Waals surface area contributed by atoms with E-state index < -0.39 is 0 Å². The molecular weight excluding hydrogens is 755 g/mol. The number of rotatable bonds is 12. The van der Waals surface area contributed by atoms with Crippen molar-refractivity contribution >= 4 is 0 Å². The summed E-state index contributed by atoms with van der Waals surface area (Å²) < 4.78 is 6.58. The molecule has 7 aromatic carbocycles. The number of allylic oxidation sites excluding steroid dienone is 4. The molecule has 1 aromatic heterocycles. The summed E-state index contributed by atoms with van der Waals surface area (Å²) in [6.07, 6.45) is 11.8. The molecule has 0 spiro atoms. The summed E-state index contributed by atoms with van der Waals surface area (Å²) in [5, 5.41) is 0. The average Bonchev–Trinajstić information content (AvgIpc) is 3.74. The van der Waals surface area contributed by atoms with E-state index in [0.717, 1.165) is 59.4 Å². The van der Waals surface area contributed by atoms with Crippen LogP contribution in [0.2, 0.25) is 0 Å². The van der Waals surface area contributed by atoms with Crippen molar-refractivity contribution in [1.29, 1.82) is 0 Å². The lowest BCUT2D eigenvalue weighted by molar-refractivity contribution is 0.426. The fourth-order valence-corrected chi connectivity index (χ4v) is 9.40. The first-order valence-corrected chi connectivity index (χ1v) is 22.2. The van der Waals surface area contributed by atoms with Gasteiger partial charge in [0.2, 0.25) is 0 Å². The molecule has 0 amide bonds. The van der Waals surface area contributed by atoms with E-state index in [1.165, 1.54) is 56.5 Å². The van der Waals surface area contributed by atoms with E-state index in [2.05, 4.69) is 184 Å². The number of fused-ring (bicyclic) bond motifs is 3. The third kappa shape index (κ3) is 7.47. The fraction of sp³-hybridized carbons (Fsp3) is 0.155. The lowest BCUT2D eigenvalue weighted by Crippen LogP contribution is -2.05. The summed E-state index contributed by atoms with van der Waals surface area (Å²) in [5.74, 6) is 4.22. The molecule has 2 unspecified atom stereocenters. The first-order valence-electron chi connectivity index (χ1n) is 22.2. The maximum atomic E-state index is 6.58. The third-order valence-electron chi connectivity index (χ3n) is 12.5. The van der Waals surface area contributed by atoms with Crippen LogP contribution in [-0.2, 0) is 0 Å². The van der Waals surface area contributed by atoms with Crippen molar-refractivity contribution in [2.75, 3.05) is 0 Å². The summed E-state index contributed by atoms with van der Waals surface area (Å²) in [4.78, 5) is 15.6. The highest BCUT2D eigenvalue weighted by Crippen LogP contribution is 2.51. The maximum Gasteiger partial charge on any atom is 0.167 e. The minimum absolute atomic E-state index is 0.202. The number of aromatic nitrogens is 3. The Kier molecular flexibility index (Phi) is 11.0. The Hall–Kier alpha value is -7.17. The molecule has 0 fully saturated rings. The number of unbranched alkanes of at least 4 members (excludes halogenated alkanes) is 1. The molecule has 302 valence electrons. The Morgan fingerprint density at radius 2 is 1.10 bits per heavy atom. The number of hydrogen-bond acceptors (Lipinski definition) is 4. The van der Waals surface area contributed by atoms with Crippen molar-refractivity contribution in [3.8, 4) is 84.4 Å². The maximum absolute atomic E-state index is 6.58. The highest BCUT2D eigenvalue weighted by atomic mass is 16.5. The lowest BCUT2D eigenvalue weighted by atomic mass is 9.76. The minimum Gasteiger partial charge on any atom is -0.460 e. The monoisotopic (exact) mass is 803 g/mol. The molecule has 4 heteroatoms. The van der Waals surface area contributed by atoms with Crippen LogP contribution in [-0.4, -0.2) is 15.0 Å². The Morgan fingerprint density at radius 1 is 0.532 bits per heavy atom. The second-order valence-corrected chi connectivity index (χ2v) is 16.3. The molecule has 0 bridgehead atoms. The van der Waals surface area contributed by atoms with Crippen LogP contribution < -0.4 is 4.74 Å². The molecule has 2 aliphatic rings. The van der Waals surface area contributed by atoms with Crippen molar-refractivity contribution in [3.63, 3.8) is 0 Å². The summed E-state index contributed by atoms with van der Waals surface area (Å²) in [6, 6.07) is 60.8. The molecule has 1 aliphatic carbocycles. The number of benzene rings is 7. The molecule has 10 rings (SSSR count). The van der Waals surface area contributed by atoms with E-state index in [4.69, 9.17) is 19.7 Å². The van der Waals surface area contributed by atoms with Crippen LogP contribution in [0.3, 0.4) is 0 Å². The van der Waals surface area contributed by atoms with Gasteiger partial charge in [-0.2, -0.15) is 0 Å². The van der Waals surface area contributed by atoms with Gasteiger partial charge in [0.15, 0.2) is 17.5 Å². The standard InChI is InChI=1S/C58H49N3O/c1-3-5-22-39(4-2)49-38-50(53(41-25-12-7-13-26-41)54(42-27-14-8-15-28-42)52(49)40-23-10-6-11-24-40)44-31-20-32-45(37-44)57-59-56(43-29-16-9-17-30-43)60-58(61-57)48-35-21-34-47-46-33-18-19-36-51(46)62-55(47)48/h6-21,23-32,34-39,46H,3-5,22,33H2,1-2H3. The molecular formula is C58H49N3O. The van der Waals surface area contributed by atoms with Gasteiger partial charge in [-0.1, -0.05) is 191 Å². The largest absolute Gasteiger partial charge is 0.460 e. The smallest absolute Gasteiger partial charge is 0.167 e. The van der Waals surface area contributed by atoms with Gasteiger partial charge in [-0.15, -0.1) is 0 Å². The number of ether oxygens (including phenoxy) is 1. The molecule has 4 nitrogen and oxygen atoms in total. The van der Waals surface area contributed by atoms with Crippen molar-refractivity contribution < 1.29 is 4.74 Å². The summed E-state index contributed by atoms with van der Waals surface area (Å²) in [6.45, 7) is 4.64. The molecule has 0 saturated carbocycles. The van der Waals surface area contributed by atoms with Crippen LogP contribution in [0.1, 0.15) is 68.9 Å². The van der Waals surface area contributed by atoms with Gasteiger partial charge < -0.3 is 4.74 Å².